The van der Waals surface area contributed by atoms with Gasteiger partial charge in [0.1, 0.15) is 18.8 Å². The monoisotopic (exact) mass is 368 g/mol. The van der Waals surface area contributed by atoms with Crippen LogP contribution in [0.4, 0.5) is 28.6 Å². The van der Waals surface area contributed by atoms with Crippen molar-refractivity contribution >= 4 is 25.0 Å². The fraction of sp³-hybridized carbons (Fsp3) is 0.278. The molecule has 26 heavy (non-hydrogen) atoms. The van der Waals surface area contributed by atoms with E-state index in [9.17, 15) is 22.4 Å². The number of anilines is 1. The Labute approximate surface area is 150 Å². The molecule has 140 valence electrons. The standard InChI is InChI=1S/C18H20N2O.BF4/c1-13-10-14(2)18(15(3)11-13)20-9-8-19(12-20)16-6-4-5-7-17(16)21;2-1(3,4)5/h4-7,10-12H,8-9H2,1-3H3;/q;-1/p+1. The number of para-hydroxylation sites is 2. The third-order valence-electron chi connectivity index (χ3n) is 3.97. The van der Waals surface area contributed by atoms with E-state index in [2.05, 4.69) is 48.7 Å². The molecule has 2 aromatic carbocycles. The van der Waals surface area contributed by atoms with Gasteiger partial charge in [0.2, 0.25) is 6.34 Å². The van der Waals surface area contributed by atoms with E-state index < -0.39 is 7.25 Å². The smallest absolute Gasteiger partial charge is 0.504 e. The van der Waals surface area contributed by atoms with Crippen LogP contribution in [-0.2, 0) is 0 Å². The molecule has 2 aromatic rings. The fourth-order valence-corrected chi connectivity index (χ4v) is 3.18. The Kier molecular flexibility index (Phi) is 5.95. The first-order valence-corrected chi connectivity index (χ1v) is 8.17. The number of phenols is 1. The summed E-state index contributed by atoms with van der Waals surface area (Å²) in [5, 5.41) is 9.99. The zero-order valence-electron chi connectivity index (χ0n) is 14.9. The maximum absolute atomic E-state index is 9.99. The first kappa shape index (κ1) is 19.8. The zero-order chi connectivity index (χ0) is 19.5. The van der Waals surface area contributed by atoms with Gasteiger partial charge < -0.3 is 22.4 Å². The Morgan fingerprint density at radius 3 is 2.08 bits per heavy atom. The molecule has 0 unspecified atom stereocenters. The van der Waals surface area contributed by atoms with Gasteiger partial charge in [-0.2, -0.15) is 0 Å². The Hall–Kier alpha value is -2.51. The van der Waals surface area contributed by atoms with Crippen LogP contribution in [0.15, 0.2) is 36.4 Å². The van der Waals surface area contributed by atoms with Crippen molar-refractivity contribution < 1.29 is 26.9 Å². The van der Waals surface area contributed by atoms with Gasteiger partial charge in [0.15, 0.2) is 11.4 Å². The topological polar surface area (TPSA) is 26.5 Å². The van der Waals surface area contributed by atoms with E-state index in [0.717, 1.165) is 18.8 Å². The summed E-state index contributed by atoms with van der Waals surface area (Å²) in [5.41, 5.74) is 6.03. The number of aryl methyl sites for hydroxylation is 3. The van der Waals surface area contributed by atoms with Gasteiger partial charge >= 0.3 is 7.25 Å². The second kappa shape index (κ2) is 7.80. The highest BCUT2D eigenvalue weighted by molar-refractivity contribution is 6.50. The minimum Gasteiger partial charge on any atom is -0.504 e. The largest absolute Gasteiger partial charge is 0.673 e. The predicted molar refractivity (Wildman–Crippen MR) is 97.1 cm³/mol. The SMILES string of the molecule is Cc1cc(C)c(N2C=[N+](c3ccccc3O)CC2)c(C)c1.F[B-](F)(F)F. The van der Waals surface area contributed by atoms with Crippen LogP contribution in [0, 0.1) is 20.8 Å². The van der Waals surface area contributed by atoms with Crippen LogP contribution in [0.2, 0.25) is 0 Å². The summed E-state index contributed by atoms with van der Waals surface area (Å²) in [6.07, 6.45) is 2.10. The van der Waals surface area contributed by atoms with Crippen LogP contribution in [-0.4, -0.2) is 36.4 Å². The Bertz CT molecular complexity index is 792. The summed E-state index contributed by atoms with van der Waals surface area (Å²) >= 11 is 0. The molecule has 0 fully saturated rings. The molecule has 1 N–H and O–H groups in total. The molecule has 0 bridgehead atoms. The first-order chi connectivity index (χ1) is 12.1. The highest BCUT2D eigenvalue weighted by atomic mass is 19.5. The highest BCUT2D eigenvalue weighted by Crippen LogP contribution is 2.30. The van der Waals surface area contributed by atoms with Gasteiger partial charge in [0.25, 0.3) is 0 Å². The van der Waals surface area contributed by atoms with Crippen molar-refractivity contribution in [1.82, 2.24) is 0 Å². The molecule has 0 saturated carbocycles. The van der Waals surface area contributed by atoms with Crippen LogP contribution < -0.4 is 4.90 Å². The van der Waals surface area contributed by atoms with E-state index in [4.69, 9.17) is 0 Å². The summed E-state index contributed by atoms with van der Waals surface area (Å²) in [5.74, 6) is 0.327. The van der Waals surface area contributed by atoms with Crippen LogP contribution >= 0.6 is 0 Å². The number of aromatic hydroxyl groups is 1. The van der Waals surface area contributed by atoms with Crippen molar-refractivity contribution in [3.63, 3.8) is 0 Å². The molecule has 0 spiro atoms. The summed E-state index contributed by atoms with van der Waals surface area (Å²) in [7, 11) is -6.00. The Morgan fingerprint density at radius 1 is 1.00 bits per heavy atom. The average molecular weight is 368 g/mol. The lowest BCUT2D eigenvalue weighted by molar-refractivity contribution is -0.424. The molecule has 3 nitrogen and oxygen atoms in total. The maximum Gasteiger partial charge on any atom is 0.673 e. The normalized spacial score (nSPS) is 14.0. The molecule has 3 rings (SSSR count). The van der Waals surface area contributed by atoms with E-state index in [1.54, 1.807) is 6.07 Å². The maximum atomic E-state index is 9.99. The van der Waals surface area contributed by atoms with Gasteiger partial charge in [-0.05, 0) is 44.0 Å². The van der Waals surface area contributed by atoms with Gasteiger partial charge in [-0.3, -0.25) is 0 Å². The number of hydrogen-bond acceptors (Lipinski definition) is 2. The van der Waals surface area contributed by atoms with Crippen molar-refractivity contribution in [1.29, 1.82) is 0 Å². The zero-order valence-corrected chi connectivity index (χ0v) is 14.9. The fourth-order valence-electron chi connectivity index (χ4n) is 3.18. The molecule has 0 atom stereocenters. The first-order valence-electron chi connectivity index (χ1n) is 8.17. The van der Waals surface area contributed by atoms with E-state index in [0.29, 0.717) is 5.75 Å². The molecule has 0 radical (unpaired) electrons. The van der Waals surface area contributed by atoms with E-state index in [1.807, 2.05) is 18.2 Å². The van der Waals surface area contributed by atoms with Gasteiger partial charge in [-0.15, -0.1) is 0 Å². The van der Waals surface area contributed by atoms with Crippen molar-refractivity contribution in [3.05, 3.63) is 53.1 Å². The number of rotatable bonds is 2. The van der Waals surface area contributed by atoms with Crippen LogP contribution in [0.3, 0.4) is 0 Å². The third kappa shape index (κ3) is 5.24. The van der Waals surface area contributed by atoms with Gasteiger partial charge in [0.05, 0.1) is 0 Å². The average Bonchev–Trinajstić information content (AvgIpc) is 2.94. The molecular weight excluding hydrogens is 347 g/mol. The van der Waals surface area contributed by atoms with E-state index in [1.165, 1.54) is 22.4 Å². The second-order valence-electron chi connectivity index (χ2n) is 6.23. The Morgan fingerprint density at radius 2 is 1.54 bits per heavy atom. The molecule has 1 aliphatic heterocycles. The number of phenolic OH excluding ortho intramolecular Hbond substituents is 1. The molecule has 1 aliphatic rings. The number of benzene rings is 2. The molecule has 0 saturated heterocycles. The summed E-state index contributed by atoms with van der Waals surface area (Å²) in [6.45, 7) is 8.26. The lowest BCUT2D eigenvalue weighted by atomic mass is 10.0. The van der Waals surface area contributed by atoms with Crippen molar-refractivity contribution in [2.24, 2.45) is 0 Å². The molecular formula is C18H21BF4N2O. The van der Waals surface area contributed by atoms with Gasteiger partial charge in [0, 0.05) is 0 Å². The molecule has 0 aromatic heterocycles. The minimum atomic E-state index is -6.00. The van der Waals surface area contributed by atoms with Crippen LogP contribution in [0.1, 0.15) is 16.7 Å². The van der Waals surface area contributed by atoms with Crippen LogP contribution in [0.25, 0.3) is 0 Å². The number of hydrogen-bond donors (Lipinski definition) is 1. The van der Waals surface area contributed by atoms with E-state index in [-0.39, 0.29) is 0 Å². The molecule has 1 heterocycles. The summed E-state index contributed by atoms with van der Waals surface area (Å²) in [6, 6.07) is 11.9. The number of halogens is 4. The van der Waals surface area contributed by atoms with Crippen molar-refractivity contribution in [2.45, 2.75) is 20.8 Å². The quantitative estimate of drug-likeness (QED) is 0.468. The van der Waals surface area contributed by atoms with Crippen molar-refractivity contribution in [2.75, 3.05) is 18.0 Å². The summed E-state index contributed by atoms with van der Waals surface area (Å²) < 4.78 is 41.1. The second-order valence-corrected chi connectivity index (χ2v) is 6.23. The highest BCUT2D eigenvalue weighted by Gasteiger charge is 2.26. The predicted octanol–water partition coefficient (Wildman–Crippen LogP) is 4.81. The molecule has 0 aliphatic carbocycles. The lowest BCUT2D eigenvalue weighted by Gasteiger charge is -2.13. The lowest BCUT2D eigenvalue weighted by Crippen LogP contribution is -2.20. The summed E-state index contributed by atoms with van der Waals surface area (Å²) in [4.78, 5) is 2.27. The minimum absolute atomic E-state index is 0.327. The Balaban J connectivity index is 0.000000431. The molecule has 8 heteroatoms. The van der Waals surface area contributed by atoms with Crippen LogP contribution in [0.5, 0.6) is 5.75 Å². The third-order valence-corrected chi connectivity index (χ3v) is 3.97. The molecule has 0 amide bonds. The van der Waals surface area contributed by atoms with Gasteiger partial charge in [-0.25, -0.2) is 9.48 Å². The van der Waals surface area contributed by atoms with E-state index >= 15 is 0 Å². The van der Waals surface area contributed by atoms with Crippen molar-refractivity contribution in [3.8, 4) is 5.75 Å². The van der Waals surface area contributed by atoms with Gasteiger partial charge in [-0.1, -0.05) is 29.8 Å². The number of nitrogens with zero attached hydrogens (tertiary/aromatic N) is 2.